The highest BCUT2D eigenvalue weighted by atomic mass is 32.2. The number of carbonyl (C=O) groups excluding carboxylic acids is 1. The number of rotatable bonds is 4. The minimum atomic E-state index is -3.34. The number of hydrogen-bond acceptors (Lipinski definition) is 4. The second kappa shape index (κ2) is 7.01. The van der Waals surface area contributed by atoms with E-state index in [0.717, 1.165) is 34.3 Å². The van der Waals surface area contributed by atoms with Gasteiger partial charge in [0.1, 0.15) is 0 Å². The molecule has 28 heavy (non-hydrogen) atoms. The van der Waals surface area contributed by atoms with Crippen molar-refractivity contribution in [2.75, 3.05) is 16.3 Å². The number of para-hydroxylation sites is 1. The first kappa shape index (κ1) is 18.1. The van der Waals surface area contributed by atoms with E-state index in [4.69, 9.17) is 0 Å². The molecule has 0 spiro atoms. The minimum Gasteiger partial charge on any atom is -0.361 e. The summed E-state index contributed by atoms with van der Waals surface area (Å²) in [6.07, 6.45) is 10.7. The molecular weight excluding hydrogens is 374 g/mol. The Morgan fingerprint density at radius 1 is 1.00 bits per heavy atom. The Morgan fingerprint density at radius 3 is 2.54 bits per heavy atom. The molecule has 2 aromatic rings. The van der Waals surface area contributed by atoms with Gasteiger partial charge in [0, 0.05) is 23.1 Å². The Kier molecular flexibility index (Phi) is 4.52. The van der Waals surface area contributed by atoms with Gasteiger partial charge in [0.25, 0.3) is 0 Å². The quantitative estimate of drug-likeness (QED) is 0.745. The molecule has 6 nitrogen and oxygen atoms in total. The van der Waals surface area contributed by atoms with E-state index in [9.17, 15) is 13.2 Å². The predicted octanol–water partition coefficient (Wildman–Crippen LogP) is 3.16. The highest BCUT2D eigenvalue weighted by Crippen LogP contribution is 2.41. The fraction of sp³-hybridized carbons (Fsp3) is 0.0952. The Balaban J connectivity index is 1.70. The van der Waals surface area contributed by atoms with Crippen LogP contribution in [0.1, 0.15) is 22.6 Å². The highest BCUT2D eigenvalue weighted by Gasteiger charge is 2.33. The van der Waals surface area contributed by atoms with Crippen LogP contribution < -0.4 is 15.4 Å². The van der Waals surface area contributed by atoms with E-state index in [1.54, 1.807) is 24.3 Å². The zero-order valence-corrected chi connectivity index (χ0v) is 16.0. The standard InChI is InChI=1S/C21H19N3O3S/c1-28(26,27)24-15-11-9-14(10-12-15)19-17-7-5-6-16(20(17)23-21(19)25)18-8-3-2-4-13-22-18/h2-13,19,22,24H,1H3,(H,23,25). The van der Waals surface area contributed by atoms with Gasteiger partial charge < -0.3 is 10.6 Å². The molecule has 2 aliphatic rings. The molecule has 0 saturated carbocycles. The van der Waals surface area contributed by atoms with Crippen LogP contribution in [0.4, 0.5) is 11.4 Å². The van der Waals surface area contributed by atoms with Crippen molar-refractivity contribution in [1.29, 1.82) is 0 Å². The number of amides is 1. The van der Waals surface area contributed by atoms with E-state index in [1.807, 2.05) is 48.7 Å². The monoisotopic (exact) mass is 393 g/mol. The molecule has 0 radical (unpaired) electrons. The fourth-order valence-corrected chi connectivity index (χ4v) is 3.99. The lowest BCUT2D eigenvalue weighted by molar-refractivity contribution is -0.116. The number of carbonyl (C=O) groups is 1. The smallest absolute Gasteiger partial charge is 0.236 e. The van der Waals surface area contributed by atoms with Gasteiger partial charge in [-0.1, -0.05) is 42.5 Å². The van der Waals surface area contributed by atoms with E-state index < -0.39 is 15.9 Å². The third-order valence-corrected chi connectivity index (χ3v) is 5.18. The van der Waals surface area contributed by atoms with E-state index in [2.05, 4.69) is 15.4 Å². The number of nitrogens with one attached hydrogen (secondary N) is 3. The highest BCUT2D eigenvalue weighted by molar-refractivity contribution is 7.92. The summed E-state index contributed by atoms with van der Waals surface area (Å²) in [6.45, 7) is 0. The van der Waals surface area contributed by atoms with Gasteiger partial charge in [0.2, 0.25) is 15.9 Å². The third-order valence-electron chi connectivity index (χ3n) is 4.58. The lowest BCUT2D eigenvalue weighted by atomic mass is 9.91. The van der Waals surface area contributed by atoms with Crippen molar-refractivity contribution in [3.8, 4) is 0 Å². The van der Waals surface area contributed by atoms with Crippen molar-refractivity contribution in [3.05, 3.63) is 89.7 Å². The largest absolute Gasteiger partial charge is 0.361 e. The Hall–Kier alpha value is -3.32. The van der Waals surface area contributed by atoms with Crippen LogP contribution in [0.15, 0.2) is 73.0 Å². The molecule has 1 atom stereocenters. The molecule has 0 saturated heterocycles. The van der Waals surface area contributed by atoms with Crippen LogP contribution in [0, 0.1) is 0 Å². The molecule has 4 rings (SSSR count). The minimum absolute atomic E-state index is 0.105. The number of anilines is 2. The lowest BCUT2D eigenvalue weighted by Gasteiger charge is -2.13. The van der Waals surface area contributed by atoms with Gasteiger partial charge in [-0.15, -0.1) is 0 Å². The first-order valence-electron chi connectivity index (χ1n) is 8.74. The van der Waals surface area contributed by atoms with E-state index in [0.29, 0.717) is 5.69 Å². The summed E-state index contributed by atoms with van der Waals surface area (Å²) >= 11 is 0. The first-order chi connectivity index (χ1) is 13.4. The van der Waals surface area contributed by atoms with Gasteiger partial charge in [-0.05, 0) is 35.4 Å². The van der Waals surface area contributed by atoms with Crippen molar-refractivity contribution < 1.29 is 13.2 Å². The molecule has 0 fully saturated rings. The van der Waals surface area contributed by atoms with Gasteiger partial charge in [-0.3, -0.25) is 9.52 Å². The Morgan fingerprint density at radius 2 is 1.79 bits per heavy atom. The van der Waals surface area contributed by atoms with E-state index in [-0.39, 0.29) is 5.91 Å². The zero-order valence-electron chi connectivity index (χ0n) is 15.1. The molecule has 3 N–H and O–H groups in total. The molecule has 7 heteroatoms. The maximum atomic E-state index is 12.8. The van der Waals surface area contributed by atoms with Gasteiger partial charge >= 0.3 is 0 Å². The molecule has 0 aliphatic carbocycles. The summed E-state index contributed by atoms with van der Waals surface area (Å²) < 4.78 is 25.2. The molecule has 2 heterocycles. The van der Waals surface area contributed by atoms with Crippen LogP contribution >= 0.6 is 0 Å². The molecule has 0 aromatic heterocycles. The summed E-state index contributed by atoms with van der Waals surface area (Å²) in [6, 6.07) is 12.7. The average molecular weight is 393 g/mol. The van der Waals surface area contributed by atoms with Crippen LogP contribution in [0.3, 0.4) is 0 Å². The number of allylic oxidation sites excluding steroid dienone is 4. The van der Waals surface area contributed by atoms with Crippen LogP contribution in [-0.2, 0) is 14.8 Å². The van der Waals surface area contributed by atoms with Crippen LogP contribution in [0.5, 0.6) is 0 Å². The number of benzene rings is 2. The second-order valence-electron chi connectivity index (χ2n) is 6.66. The molecule has 2 aromatic carbocycles. The predicted molar refractivity (Wildman–Crippen MR) is 111 cm³/mol. The Labute approximate surface area is 163 Å². The topological polar surface area (TPSA) is 87.3 Å². The van der Waals surface area contributed by atoms with Crippen molar-refractivity contribution in [1.82, 2.24) is 5.32 Å². The van der Waals surface area contributed by atoms with Crippen molar-refractivity contribution in [3.63, 3.8) is 0 Å². The Bertz CT molecular complexity index is 1130. The average Bonchev–Trinajstić information content (AvgIpc) is 2.81. The van der Waals surface area contributed by atoms with Crippen LogP contribution in [-0.4, -0.2) is 20.6 Å². The van der Waals surface area contributed by atoms with Crippen LogP contribution in [0.2, 0.25) is 0 Å². The maximum absolute atomic E-state index is 12.8. The molecular formula is C21H19N3O3S. The first-order valence-corrected chi connectivity index (χ1v) is 10.6. The fourth-order valence-electron chi connectivity index (χ4n) is 3.42. The summed E-state index contributed by atoms with van der Waals surface area (Å²) in [5, 5.41) is 6.23. The van der Waals surface area contributed by atoms with Gasteiger partial charge in [-0.25, -0.2) is 8.42 Å². The van der Waals surface area contributed by atoms with E-state index >= 15 is 0 Å². The summed E-state index contributed by atoms with van der Waals surface area (Å²) in [7, 11) is -3.34. The summed E-state index contributed by atoms with van der Waals surface area (Å²) in [4.78, 5) is 12.8. The van der Waals surface area contributed by atoms with Gasteiger partial charge in [-0.2, -0.15) is 0 Å². The number of fused-ring (bicyclic) bond motifs is 1. The van der Waals surface area contributed by atoms with Crippen molar-refractivity contribution >= 4 is 33.0 Å². The molecule has 142 valence electrons. The van der Waals surface area contributed by atoms with Crippen molar-refractivity contribution in [2.45, 2.75) is 5.92 Å². The SMILES string of the molecule is CS(=O)(=O)Nc1ccc(C2C(=O)Nc3c(C4=CC=CC=CN4)cccc32)cc1. The number of hydrogen-bond donors (Lipinski definition) is 3. The van der Waals surface area contributed by atoms with Crippen LogP contribution in [0.25, 0.3) is 5.70 Å². The zero-order chi connectivity index (χ0) is 19.7. The molecule has 2 aliphatic heterocycles. The summed E-state index contributed by atoms with van der Waals surface area (Å²) in [5.41, 5.74) is 4.76. The van der Waals surface area contributed by atoms with Crippen molar-refractivity contribution in [2.24, 2.45) is 0 Å². The molecule has 0 bridgehead atoms. The van der Waals surface area contributed by atoms with Gasteiger partial charge in [0.15, 0.2) is 0 Å². The molecule has 1 unspecified atom stereocenters. The summed E-state index contributed by atoms with van der Waals surface area (Å²) in [5.74, 6) is -0.550. The van der Waals surface area contributed by atoms with E-state index in [1.165, 1.54) is 0 Å². The number of sulfonamides is 1. The second-order valence-corrected chi connectivity index (χ2v) is 8.41. The maximum Gasteiger partial charge on any atom is 0.236 e. The normalized spacial score (nSPS) is 18.0. The lowest BCUT2D eigenvalue weighted by Crippen LogP contribution is -2.14. The van der Waals surface area contributed by atoms with Gasteiger partial charge in [0.05, 0.1) is 17.9 Å². The third kappa shape index (κ3) is 3.57. The molecule has 1 amide bonds.